The van der Waals surface area contributed by atoms with Gasteiger partial charge in [-0.2, -0.15) is 5.10 Å². The van der Waals surface area contributed by atoms with Crippen LogP contribution in [0.15, 0.2) is 54.9 Å². The summed E-state index contributed by atoms with van der Waals surface area (Å²) in [7, 11) is 1.63. The maximum absolute atomic E-state index is 13.0. The number of carbonyl (C=O) groups excluding carboxylic acids is 1. The molecule has 2 aromatic carbocycles. The largest absolute Gasteiger partial charge is 0.496 e. The molecule has 4 rings (SSSR count). The van der Waals surface area contributed by atoms with Gasteiger partial charge in [-0.3, -0.25) is 10.00 Å². The third-order valence-electron chi connectivity index (χ3n) is 4.98. The minimum atomic E-state index is -0.00933. The molecule has 0 bridgehead atoms. The molecular formula is C22H24N4O3. The quantitative estimate of drug-likeness (QED) is 0.661. The summed E-state index contributed by atoms with van der Waals surface area (Å²) in [4.78, 5) is 16.6. The van der Waals surface area contributed by atoms with Crippen LogP contribution < -0.4 is 14.4 Å². The summed E-state index contributed by atoms with van der Waals surface area (Å²) < 4.78 is 11.1. The summed E-state index contributed by atoms with van der Waals surface area (Å²) in [5, 5.41) is 6.80. The molecule has 1 aliphatic heterocycles. The van der Waals surface area contributed by atoms with Gasteiger partial charge < -0.3 is 14.4 Å². The summed E-state index contributed by atoms with van der Waals surface area (Å²) in [5.41, 5.74) is 3.75. The van der Waals surface area contributed by atoms with Crippen molar-refractivity contribution < 1.29 is 14.3 Å². The van der Waals surface area contributed by atoms with E-state index in [0.29, 0.717) is 32.0 Å². The Morgan fingerprint density at radius 2 is 2.07 bits per heavy atom. The second-order valence-electron chi connectivity index (χ2n) is 6.81. The van der Waals surface area contributed by atoms with Crippen molar-refractivity contribution in [1.29, 1.82) is 0 Å². The Hall–Kier alpha value is -3.48. The minimum Gasteiger partial charge on any atom is -0.496 e. The number of aromatic amines is 1. The average molecular weight is 392 g/mol. The van der Waals surface area contributed by atoms with Gasteiger partial charge in [0.1, 0.15) is 11.5 Å². The molecule has 2 amide bonds. The number of nitrogens with one attached hydrogen (secondary N) is 1. The van der Waals surface area contributed by atoms with Gasteiger partial charge in [-0.15, -0.1) is 0 Å². The Labute approximate surface area is 169 Å². The van der Waals surface area contributed by atoms with E-state index >= 15 is 0 Å². The number of urea groups is 1. The number of H-pyrrole nitrogens is 1. The van der Waals surface area contributed by atoms with Gasteiger partial charge in [-0.1, -0.05) is 12.1 Å². The molecule has 1 fully saturated rings. The van der Waals surface area contributed by atoms with E-state index in [1.807, 2.05) is 60.5 Å². The Morgan fingerprint density at radius 3 is 2.83 bits per heavy atom. The van der Waals surface area contributed by atoms with Crippen LogP contribution in [0.1, 0.15) is 12.5 Å². The molecule has 7 heteroatoms. The second kappa shape index (κ2) is 8.26. The second-order valence-corrected chi connectivity index (χ2v) is 6.81. The maximum atomic E-state index is 13.0. The molecule has 1 saturated heterocycles. The highest BCUT2D eigenvalue weighted by atomic mass is 16.5. The third kappa shape index (κ3) is 3.89. The van der Waals surface area contributed by atoms with Crippen molar-refractivity contribution in [2.45, 2.75) is 13.5 Å². The van der Waals surface area contributed by atoms with Gasteiger partial charge >= 0.3 is 6.03 Å². The van der Waals surface area contributed by atoms with Crippen LogP contribution in [0, 0.1) is 0 Å². The minimum absolute atomic E-state index is 0.00933. The summed E-state index contributed by atoms with van der Waals surface area (Å²) in [6, 6.07) is 13.7. The predicted molar refractivity (Wildman–Crippen MR) is 111 cm³/mol. The first-order valence-corrected chi connectivity index (χ1v) is 9.65. The molecule has 0 atom stereocenters. The molecule has 150 valence electrons. The van der Waals surface area contributed by atoms with Crippen LogP contribution in [0.25, 0.3) is 11.1 Å². The van der Waals surface area contributed by atoms with Crippen molar-refractivity contribution in [2.24, 2.45) is 0 Å². The Morgan fingerprint density at radius 1 is 1.17 bits per heavy atom. The van der Waals surface area contributed by atoms with Crippen molar-refractivity contribution >= 4 is 11.7 Å². The van der Waals surface area contributed by atoms with Gasteiger partial charge in [0.25, 0.3) is 0 Å². The highest BCUT2D eigenvalue weighted by Crippen LogP contribution is 2.34. The fourth-order valence-electron chi connectivity index (χ4n) is 3.57. The molecule has 1 aromatic heterocycles. The summed E-state index contributed by atoms with van der Waals surface area (Å²) >= 11 is 0. The molecule has 2 heterocycles. The normalized spacial score (nSPS) is 13.8. The number of carbonyl (C=O) groups is 1. The molecule has 0 unspecified atom stereocenters. The first-order valence-electron chi connectivity index (χ1n) is 9.65. The lowest BCUT2D eigenvalue weighted by Gasteiger charge is -2.20. The first kappa shape index (κ1) is 18.9. The molecule has 1 aliphatic rings. The highest BCUT2D eigenvalue weighted by Gasteiger charge is 2.30. The number of benzene rings is 2. The van der Waals surface area contributed by atoms with Crippen LogP contribution in [0.4, 0.5) is 10.5 Å². The zero-order valence-corrected chi connectivity index (χ0v) is 16.6. The van der Waals surface area contributed by atoms with Crippen LogP contribution in [0.5, 0.6) is 11.5 Å². The topological polar surface area (TPSA) is 70.7 Å². The summed E-state index contributed by atoms with van der Waals surface area (Å²) in [6.45, 7) is 4.44. The van der Waals surface area contributed by atoms with Gasteiger partial charge in [0.05, 0.1) is 19.9 Å². The van der Waals surface area contributed by atoms with Gasteiger partial charge in [0, 0.05) is 48.7 Å². The van der Waals surface area contributed by atoms with Crippen molar-refractivity contribution in [3.05, 3.63) is 60.4 Å². The molecule has 1 N–H and O–H groups in total. The molecule has 3 aromatic rings. The van der Waals surface area contributed by atoms with Gasteiger partial charge in [-0.05, 0) is 36.8 Å². The molecule has 29 heavy (non-hydrogen) atoms. The van der Waals surface area contributed by atoms with E-state index < -0.39 is 0 Å². The maximum Gasteiger partial charge on any atom is 0.324 e. The summed E-state index contributed by atoms with van der Waals surface area (Å²) in [5.74, 6) is 1.53. The van der Waals surface area contributed by atoms with Crippen LogP contribution in [-0.2, 0) is 6.54 Å². The summed E-state index contributed by atoms with van der Waals surface area (Å²) in [6.07, 6.45) is 3.56. The molecule has 0 saturated carbocycles. The van der Waals surface area contributed by atoms with Crippen molar-refractivity contribution in [2.75, 3.05) is 31.7 Å². The number of hydrogen-bond acceptors (Lipinski definition) is 4. The van der Waals surface area contributed by atoms with E-state index in [1.165, 1.54) is 0 Å². The monoisotopic (exact) mass is 392 g/mol. The van der Waals surface area contributed by atoms with E-state index in [-0.39, 0.29) is 6.03 Å². The highest BCUT2D eigenvalue weighted by molar-refractivity contribution is 5.95. The Bertz CT molecular complexity index is 987. The van der Waals surface area contributed by atoms with E-state index in [1.54, 1.807) is 18.2 Å². The smallest absolute Gasteiger partial charge is 0.324 e. The molecular weight excluding hydrogens is 368 g/mol. The predicted octanol–water partition coefficient (Wildman–Crippen LogP) is 3.93. The third-order valence-corrected chi connectivity index (χ3v) is 4.98. The Balaban J connectivity index is 1.51. The molecule has 7 nitrogen and oxygen atoms in total. The van der Waals surface area contributed by atoms with Crippen LogP contribution >= 0.6 is 0 Å². The lowest BCUT2D eigenvalue weighted by atomic mass is 10.1. The standard InChI is InChI=1S/C22H24N4O3/c1-3-29-19-6-4-5-16(11-19)15-25-9-10-26(22(25)27)18-7-8-20(21(12-18)28-2)17-13-23-24-14-17/h4-8,11-14H,3,9-10,15H2,1-2H3,(H,23,24). The van der Waals surface area contributed by atoms with Crippen LogP contribution in [-0.4, -0.2) is 47.9 Å². The SMILES string of the molecule is CCOc1cccc(CN2CCN(c3ccc(-c4cn[nH]c4)c(OC)c3)C2=O)c1. The zero-order valence-electron chi connectivity index (χ0n) is 16.6. The number of nitrogens with zero attached hydrogens (tertiary/aromatic N) is 3. The van der Waals surface area contributed by atoms with Gasteiger partial charge in [0.2, 0.25) is 0 Å². The lowest BCUT2D eigenvalue weighted by molar-refractivity contribution is 0.218. The number of ether oxygens (including phenoxy) is 2. The lowest BCUT2D eigenvalue weighted by Crippen LogP contribution is -2.31. The molecule has 0 aliphatic carbocycles. The molecule has 0 spiro atoms. The van der Waals surface area contributed by atoms with E-state index in [4.69, 9.17) is 9.47 Å². The van der Waals surface area contributed by atoms with Crippen molar-refractivity contribution in [3.8, 4) is 22.6 Å². The van der Waals surface area contributed by atoms with Gasteiger partial charge in [0.15, 0.2) is 0 Å². The average Bonchev–Trinajstić information content (AvgIpc) is 3.39. The van der Waals surface area contributed by atoms with E-state index in [2.05, 4.69) is 10.2 Å². The van der Waals surface area contributed by atoms with Crippen LogP contribution in [0.2, 0.25) is 0 Å². The van der Waals surface area contributed by atoms with Gasteiger partial charge in [-0.25, -0.2) is 4.79 Å². The van der Waals surface area contributed by atoms with Crippen molar-refractivity contribution in [1.82, 2.24) is 15.1 Å². The van der Waals surface area contributed by atoms with Crippen molar-refractivity contribution in [3.63, 3.8) is 0 Å². The Kier molecular flexibility index (Phi) is 5.37. The number of anilines is 1. The van der Waals surface area contributed by atoms with E-state index in [9.17, 15) is 4.79 Å². The number of hydrogen-bond donors (Lipinski definition) is 1. The fourth-order valence-corrected chi connectivity index (χ4v) is 3.57. The van der Waals surface area contributed by atoms with E-state index in [0.717, 1.165) is 28.1 Å². The fraction of sp³-hybridized carbons (Fsp3) is 0.273. The van der Waals surface area contributed by atoms with Crippen LogP contribution in [0.3, 0.4) is 0 Å². The number of methoxy groups -OCH3 is 1. The first-order chi connectivity index (χ1) is 14.2. The number of aromatic nitrogens is 2. The molecule has 0 radical (unpaired) electrons. The number of rotatable bonds is 7. The number of amides is 2. The zero-order chi connectivity index (χ0) is 20.2.